The van der Waals surface area contributed by atoms with Crippen LogP contribution in [0.25, 0.3) is 0 Å². The Bertz CT molecular complexity index is 563. The number of aliphatic hydroxyl groups excluding tert-OH is 1. The lowest BCUT2D eigenvalue weighted by atomic mass is 10.2. The third kappa shape index (κ3) is 3.02. The summed E-state index contributed by atoms with van der Waals surface area (Å²) in [5.41, 5.74) is 1.15. The first-order valence-electron chi connectivity index (χ1n) is 5.35. The van der Waals surface area contributed by atoms with E-state index in [1.54, 1.807) is 18.2 Å². The topological polar surface area (TPSA) is 56.0 Å². The molecule has 3 nitrogen and oxygen atoms in total. The van der Waals surface area contributed by atoms with Crippen molar-refractivity contribution in [2.45, 2.75) is 6.10 Å². The maximum Gasteiger partial charge on any atom is 0.105 e. The van der Waals surface area contributed by atoms with Crippen LogP contribution in [-0.4, -0.2) is 11.7 Å². The molecule has 2 aromatic rings. The van der Waals surface area contributed by atoms with Gasteiger partial charge in [-0.25, -0.2) is 0 Å². The van der Waals surface area contributed by atoms with Gasteiger partial charge in [0.05, 0.1) is 11.3 Å². The number of benzene rings is 1. The largest absolute Gasteiger partial charge is 0.386 e. The van der Waals surface area contributed by atoms with Crippen LogP contribution >= 0.6 is 22.9 Å². The van der Waals surface area contributed by atoms with Crippen LogP contribution in [0.4, 0.5) is 5.69 Å². The molecule has 0 bridgehead atoms. The Kier molecular flexibility index (Phi) is 4.21. The number of halogens is 1. The van der Waals surface area contributed by atoms with Crippen molar-refractivity contribution in [2.75, 3.05) is 11.9 Å². The number of rotatable bonds is 4. The molecule has 1 heterocycles. The third-order valence-corrected chi connectivity index (χ3v) is 3.67. The zero-order valence-electron chi connectivity index (χ0n) is 9.43. The molecule has 0 radical (unpaired) electrons. The van der Waals surface area contributed by atoms with E-state index in [0.717, 1.165) is 4.88 Å². The van der Waals surface area contributed by atoms with Crippen molar-refractivity contribution < 1.29 is 5.11 Å². The molecule has 0 amide bonds. The maximum absolute atomic E-state index is 9.94. The van der Waals surface area contributed by atoms with Crippen molar-refractivity contribution in [3.8, 4) is 6.07 Å². The second kappa shape index (κ2) is 5.87. The van der Waals surface area contributed by atoms with E-state index in [1.165, 1.54) is 11.3 Å². The monoisotopic (exact) mass is 278 g/mol. The zero-order chi connectivity index (χ0) is 13.0. The molecule has 1 atom stereocenters. The van der Waals surface area contributed by atoms with Gasteiger partial charge in [0, 0.05) is 16.4 Å². The highest BCUT2D eigenvalue weighted by molar-refractivity contribution is 7.10. The van der Waals surface area contributed by atoms with Crippen molar-refractivity contribution in [1.29, 1.82) is 5.26 Å². The molecule has 1 aromatic heterocycles. The van der Waals surface area contributed by atoms with E-state index in [1.807, 2.05) is 17.5 Å². The summed E-state index contributed by atoms with van der Waals surface area (Å²) in [5.74, 6) is 0. The first-order valence-corrected chi connectivity index (χ1v) is 6.61. The lowest BCUT2D eigenvalue weighted by molar-refractivity contribution is 0.195. The first-order chi connectivity index (χ1) is 8.70. The van der Waals surface area contributed by atoms with Gasteiger partial charge < -0.3 is 10.4 Å². The molecule has 5 heteroatoms. The lowest BCUT2D eigenvalue weighted by Crippen LogP contribution is -2.11. The van der Waals surface area contributed by atoms with Gasteiger partial charge >= 0.3 is 0 Å². The predicted octanol–water partition coefficient (Wildman–Crippen LogP) is 3.42. The quantitative estimate of drug-likeness (QED) is 0.901. The van der Waals surface area contributed by atoms with Gasteiger partial charge in [-0.05, 0) is 29.6 Å². The van der Waals surface area contributed by atoms with Crippen molar-refractivity contribution >= 4 is 28.6 Å². The molecule has 1 unspecified atom stereocenters. The molecule has 0 saturated carbocycles. The number of nitrogens with one attached hydrogen (secondary N) is 1. The Morgan fingerprint density at radius 3 is 2.94 bits per heavy atom. The molecule has 2 N–H and O–H groups in total. The number of hydrogen-bond acceptors (Lipinski definition) is 4. The number of nitriles is 1. The van der Waals surface area contributed by atoms with Crippen LogP contribution in [0.2, 0.25) is 5.02 Å². The van der Waals surface area contributed by atoms with E-state index in [9.17, 15) is 5.11 Å². The van der Waals surface area contributed by atoms with E-state index in [-0.39, 0.29) is 0 Å². The van der Waals surface area contributed by atoms with Crippen LogP contribution in [0, 0.1) is 11.3 Å². The Morgan fingerprint density at radius 1 is 1.44 bits per heavy atom. The second-order valence-electron chi connectivity index (χ2n) is 3.71. The highest BCUT2D eigenvalue weighted by atomic mass is 35.5. The number of nitrogens with zero attached hydrogens (tertiary/aromatic N) is 1. The van der Waals surface area contributed by atoms with Gasteiger partial charge in [-0.3, -0.25) is 0 Å². The molecule has 0 aliphatic rings. The fourth-order valence-corrected chi connectivity index (χ4v) is 2.43. The number of anilines is 1. The molecule has 2 rings (SSSR count). The molecule has 0 fully saturated rings. The van der Waals surface area contributed by atoms with Crippen LogP contribution in [0.3, 0.4) is 0 Å². The summed E-state index contributed by atoms with van der Waals surface area (Å²) in [4.78, 5) is 0.892. The summed E-state index contributed by atoms with van der Waals surface area (Å²) < 4.78 is 0. The van der Waals surface area contributed by atoms with Crippen LogP contribution in [0.15, 0.2) is 35.7 Å². The normalized spacial score (nSPS) is 11.8. The Balaban J connectivity index is 2.06. The van der Waals surface area contributed by atoms with Gasteiger partial charge in [-0.1, -0.05) is 17.7 Å². The highest BCUT2D eigenvalue weighted by Crippen LogP contribution is 2.23. The van der Waals surface area contributed by atoms with Crippen LogP contribution < -0.4 is 5.32 Å². The van der Waals surface area contributed by atoms with Crippen LogP contribution in [0.5, 0.6) is 0 Å². The van der Waals surface area contributed by atoms with E-state index < -0.39 is 6.10 Å². The molecule has 0 saturated heterocycles. The van der Waals surface area contributed by atoms with Gasteiger partial charge in [0.15, 0.2) is 0 Å². The summed E-state index contributed by atoms with van der Waals surface area (Å²) >= 11 is 7.38. The molecule has 0 aliphatic heterocycles. The molecule has 18 heavy (non-hydrogen) atoms. The minimum Gasteiger partial charge on any atom is -0.386 e. The van der Waals surface area contributed by atoms with Crippen molar-refractivity contribution in [1.82, 2.24) is 0 Å². The van der Waals surface area contributed by atoms with E-state index in [0.29, 0.717) is 22.8 Å². The summed E-state index contributed by atoms with van der Waals surface area (Å²) in [6, 6.07) is 10.9. The van der Waals surface area contributed by atoms with E-state index in [2.05, 4.69) is 11.4 Å². The molecule has 0 aliphatic carbocycles. The Labute approximate surface area is 114 Å². The molecular formula is C13H11ClN2OS. The summed E-state index contributed by atoms with van der Waals surface area (Å²) in [5, 5.41) is 24.4. The van der Waals surface area contributed by atoms with Crippen molar-refractivity contribution in [3.05, 3.63) is 51.2 Å². The van der Waals surface area contributed by atoms with Gasteiger partial charge in [-0.15, -0.1) is 11.3 Å². The molecule has 1 aromatic carbocycles. The third-order valence-electron chi connectivity index (χ3n) is 2.46. The average molecular weight is 279 g/mol. The average Bonchev–Trinajstić information content (AvgIpc) is 2.90. The van der Waals surface area contributed by atoms with Crippen molar-refractivity contribution in [3.63, 3.8) is 0 Å². The second-order valence-corrected chi connectivity index (χ2v) is 5.13. The lowest BCUT2D eigenvalue weighted by Gasteiger charge is -2.12. The van der Waals surface area contributed by atoms with Gasteiger partial charge in [0.1, 0.15) is 12.2 Å². The number of aliphatic hydroxyl groups is 1. The summed E-state index contributed by atoms with van der Waals surface area (Å²) in [6.07, 6.45) is -0.587. The fourth-order valence-electron chi connectivity index (χ4n) is 1.55. The molecule has 92 valence electrons. The zero-order valence-corrected chi connectivity index (χ0v) is 11.0. The Morgan fingerprint density at radius 2 is 2.28 bits per heavy atom. The van der Waals surface area contributed by atoms with Gasteiger partial charge in [0.25, 0.3) is 0 Å². The number of hydrogen-bond donors (Lipinski definition) is 2. The van der Waals surface area contributed by atoms with E-state index in [4.69, 9.17) is 16.9 Å². The molecular weight excluding hydrogens is 268 g/mol. The first kappa shape index (κ1) is 12.9. The van der Waals surface area contributed by atoms with Gasteiger partial charge in [-0.2, -0.15) is 5.26 Å². The fraction of sp³-hybridized carbons (Fsp3) is 0.154. The van der Waals surface area contributed by atoms with Gasteiger partial charge in [0.2, 0.25) is 0 Å². The summed E-state index contributed by atoms with van der Waals surface area (Å²) in [6.45, 7) is 0.343. The smallest absolute Gasteiger partial charge is 0.105 e. The van der Waals surface area contributed by atoms with Crippen molar-refractivity contribution in [2.24, 2.45) is 0 Å². The minimum atomic E-state index is -0.587. The number of thiophene rings is 1. The van der Waals surface area contributed by atoms with Crippen LogP contribution in [0.1, 0.15) is 16.5 Å². The minimum absolute atomic E-state index is 0.343. The van der Waals surface area contributed by atoms with E-state index >= 15 is 0 Å². The molecule has 0 spiro atoms. The Hall–Kier alpha value is -1.54. The van der Waals surface area contributed by atoms with Crippen LogP contribution in [-0.2, 0) is 0 Å². The predicted molar refractivity (Wildman–Crippen MR) is 73.9 cm³/mol. The summed E-state index contributed by atoms with van der Waals surface area (Å²) in [7, 11) is 0. The standard InChI is InChI=1S/C13H11ClN2OS/c14-10-4-3-9(7-15)11(6-10)16-8-12(17)13-2-1-5-18-13/h1-6,12,16-17H,8H2. The highest BCUT2D eigenvalue weighted by Gasteiger charge is 2.09. The SMILES string of the molecule is N#Cc1ccc(Cl)cc1NCC(O)c1cccs1. The maximum atomic E-state index is 9.94.